The lowest BCUT2D eigenvalue weighted by Crippen LogP contribution is -2.41. The largest absolute Gasteiger partial charge is 0.486 e. The predicted molar refractivity (Wildman–Crippen MR) is 90.7 cm³/mol. The number of carbonyl (C=O) groups is 1. The Kier molecular flexibility index (Phi) is 5.21. The summed E-state index contributed by atoms with van der Waals surface area (Å²) >= 11 is 0. The minimum absolute atomic E-state index is 0.00626. The Morgan fingerprint density at radius 1 is 1.32 bits per heavy atom. The van der Waals surface area contributed by atoms with Crippen molar-refractivity contribution < 1.29 is 18.8 Å². The van der Waals surface area contributed by atoms with E-state index in [2.05, 4.69) is 10.1 Å². The summed E-state index contributed by atoms with van der Waals surface area (Å²) in [6.07, 6.45) is 0.577. The summed E-state index contributed by atoms with van der Waals surface area (Å²) in [5.41, 5.74) is 0. The van der Waals surface area contributed by atoms with E-state index in [0.29, 0.717) is 43.5 Å². The van der Waals surface area contributed by atoms with E-state index in [-0.39, 0.29) is 17.9 Å². The number of benzene rings is 1. The van der Waals surface area contributed by atoms with Crippen LogP contribution >= 0.6 is 0 Å². The van der Waals surface area contributed by atoms with Crippen molar-refractivity contribution in [1.82, 2.24) is 15.0 Å². The van der Waals surface area contributed by atoms with Gasteiger partial charge in [-0.05, 0) is 12.1 Å². The molecule has 0 spiro atoms. The molecule has 1 amide bonds. The molecule has 0 saturated heterocycles. The third-order valence-electron chi connectivity index (χ3n) is 4.02. The number of likely N-dealkylation sites (N-methyl/N-ethyl adjacent to an activating group) is 1. The first-order valence-electron chi connectivity index (χ1n) is 8.48. The number of amides is 1. The summed E-state index contributed by atoms with van der Waals surface area (Å²) in [6, 6.07) is 7.54. The highest BCUT2D eigenvalue weighted by Gasteiger charge is 2.24. The number of rotatable bonds is 6. The van der Waals surface area contributed by atoms with E-state index in [1.54, 1.807) is 11.9 Å². The van der Waals surface area contributed by atoms with Crippen molar-refractivity contribution in [2.24, 2.45) is 0 Å². The van der Waals surface area contributed by atoms with Gasteiger partial charge in [-0.15, -0.1) is 0 Å². The Morgan fingerprint density at radius 2 is 2.08 bits per heavy atom. The number of carbonyl (C=O) groups excluding carboxylic acids is 1. The molecule has 1 aliphatic heterocycles. The van der Waals surface area contributed by atoms with E-state index < -0.39 is 0 Å². The van der Waals surface area contributed by atoms with Crippen LogP contribution in [0.1, 0.15) is 37.9 Å². The maximum atomic E-state index is 12.3. The van der Waals surface area contributed by atoms with E-state index in [1.807, 2.05) is 38.1 Å². The van der Waals surface area contributed by atoms with Crippen LogP contribution < -0.4 is 9.47 Å². The zero-order valence-electron chi connectivity index (χ0n) is 14.8. The first-order valence-corrected chi connectivity index (χ1v) is 8.48. The second-order valence-electron chi connectivity index (χ2n) is 6.47. The van der Waals surface area contributed by atoms with Gasteiger partial charge in [-0.2, -0.15) is 4.98 Å². The monoisotopic (exact) mass is 345 g/mol. The van der Waals surface area contributed by atoms with Gasteiger partial charge in [0.2, 0.25) is 11.8 Å². The average molecular weight is 345 g/mol. The molecule has 7 heteroatoms. The van der Waals surface area contributed by atoms with Crippen LogP contribution in [0.25, 0.3) is 0 Å². The van der Waals surface area contributed by atoms with Crippen LogP contribution in [0.5, 0.6) is 11.5 Å². The molecule has 0 bridgehead atoms. The van der Waals surface area contributed by atoms with Gasteiger partial charge < -0.3 is 18.9 Å². The minimum Gasteiger partial charge on any atom is -0.486 e. The fourth-order valence-electron chi connectivity index (χ4n) is 2.57. The predicted octanol–water partition coefficient (Wildman–Crippen LogP) is 2.42. The van der Waals surface area contributed by atoms with Gasteiger partial charge in [-0.3, -0.25) is 4.79 Å². The Hall–Kier alpha value is -2.57. The number of aromatic nitrogens is 2. The summed E-state index contributed by atoms with van der Waals surface area (Å²) in [5.74, 6) is 2.84. The van der Waals surface area contributed by atoms with Gasteiger partial charge in [0.25, 0.3) is 0 Å². The molecule has 1 aliphatic rings. The molecule has 7 nitrogen and oxygen atoms in total. The molecular weight excluding hydrogens is 322 g/mol. The maximum Gasteiger partial charge on any atom is 0.227 e. The van der Waals surface area contributed by atoms with Crippen LogP contribution in [-0.4, -0.2) is 47.3 Å². The molecule has 3 rings (SSSR count). The number of aryl methyl sites for hydroxylation is 1. The molecule has 1 aromatic heterocycles. The summed E-state index contributed by atoms with van der Waals surface area (Å²) in [4.78, 5) is 18.3. The van der Waals surface area contributed by atoms with Crippen molar-refractivity contribution >= 4 is 5.91 Å². The van der Waals surface area contributed by atoms with Gasteiger partial charge in [-0.25, -0.2) is 0 Å². The number of hydrogen-bond donors (Lipinski definition) is 0. The van der Waals surface area contributed by atoms with Crippen LogP contribution in [0.3, 0.4) is 0 Å². The fourth-order valence-corrected chi connectivity index (χ4v) is 2.57. The average Bonchev–Trinajstić information content (AvgIpc) is 3.09. The summed E-state index contributed by atoms with van der Waals surface area (Å²) in [5, 5.41) is 3.91. The number of ether oxygens (including phenoxy) is 2. The van der Waals surface area contributed by atoms with Crippen LogP contribution in [0.4, 0.5) is 0 Å². The normalized spacial score (nSPS) is 16.1. The zero-order valence-corrected chi connectivity index (χ0v) is 14.8. The summed E-state index contributed by atoms with van der Waals surface area (Å²) < 4.78 is 16.7. The number of fused-ring (bicyclic) bond motifs is 1. The van der Waals surface area contributed by atoms with Gasteiger partial charge in [0.05, 0.1) is 6.54 Å². The Labute approximate surface area is 146 Å². The SMILES string of the molecule is CC(C)c1noc(CCC(=O)N(C)C[C@@H]2COc3ccccc3O2)n1. The van der Waals surface area contributed by atoms with E-state index >= 15 is 0 Å². The highest BCUT2D eigenvalue weighted by molar-refractivity contribution is 5.76. The third kappa shape index (κ3) is 4.29. The van der Waals surface area contributed by atoms with Crippen molar-refractivity contribution in [3.63, 3.8) is 0 Å². The van der Waals surface area contributed by atoms with Gasteiger partial charge in [0.15, 0.2) is 23.4 Å². The smallest absolute Gasteiger partial charge is 0.227 e. The molecule has 2 aromatic rings. The second kappa shape index (κ2) is 7.55. The summed E-state index contributed by atoms with van der Waals surface area (Å²) in [6.45, 7) is 4.89. The third-order valence-corrected chi connectivity index (χ3v) is 4.02. The standard InChI is InChI=1S/C18H23N3O4/c1-12(2)18-19-16(25-20-18)8-9-17(22)21(3)10-13-11-23-14-6-4-5-7-15(14)24-13/h4-7,12-13H,8-11H2,1-3H3/t13-/m1/s1. The van der Waals surface area contributed by atoms with E-state index in [4.69, 9.17) is 14.0 Å². The van der Waals surface area contributed by atoms with Gasteiger partial charge in [-0.1, -0.05) is 31.1 Å². The van der Waals surface area contributed by atoms with Crippen molar-refractivity contribution in [3.05, 3.63) is 36.0 Å². The van der Waals surface area contributed by atoms with Crippen molar-refractivity contribution in [2.45, 2.75) is 38.7 Å². The second-order valence-corrected chi connectivity index (χ2v) is 6.47. The minimum atomic E-state index is -0.181. The molecule has 0 radical (unpaired) electrons. The molecule has 1 aromatic carbocycles. The molecule has 0 unspecified atom stereocenters. The van der Waals surface area contributed by atoms with Crippen molar-refractivity contribution in [3.8, 4) is 11.5 Å². The lowest BCUT2D eigenvalue weighted by atomic mass is 10.2. The molecule has 0 fully saturated rings. The van der Waals surface area contributed by atoms with Gasteiger partial charge in [0.1, 0.15) is 6.61 Å². The molecule has 0 saturated carbocycles. The molecule has 0 N–H and O–H groups in total. The van der Waals surface area contributed by atoms with Crippen LogP contribution in [0, 0.1) is 0 Å². The fraction of sp³-hybridized carbons (Fsp3) is 0.500. The van der Waals surface area contributed by atoms with E-state index in [1.165, 1.54) is 0 Å². The van der Waals surface area contributed by atoms with Crippen molar-refractivity contribution in [2.75, 3.05) is 20.2 Å². The van der Waals surface area contributed by atoms with Crippen LogP contribution in [0.2, 0.25) is 0 Å². The molecule has 0 aliphatic carbocycles. The molecule has 134 valence electrons. The number of hydrogen-bond acceptors (Lipinski definition) is 6. The number of para-hydroxylation sites is 2. The van der Waals surface area contributed by atoms with E-state index in [0.717, 1.165) is 5.75 Å². The lowest BCUT2D eigenvalue weighted by Gasteiger charge is -2.29. The molecule has 2 heterocycles. The first-order chi connectivity index (χ1) is 12.0. The highest BCUT2D eigenvalue weighted by Crippen LogP contribution is 2.30. The lowest BCUT2D eigenvalue weighted by molar-refractivity contribution is -0.131. The number of nitrogens with zero attached hydrogens (tertiary/aromatic N) is 3. The van der Waals surface area contributed by atoms with E-state index in [9.17, 15) is 4.79 Å². The summed E-state index contributed by atoms with van der Waals surface area (Å²) in [7, 11) is 1.76. The quantitative estimate of drug-likeness (QED) is 0.800. The van der Waals surface area contributed by atoms with Crippen LogP contribution in [-0.2, 0) is 11.2 Å². The molecule has 1 atom stereocenters. The maximum absolute atomic E-state index is 12.3. The molecule has 25 heavy (non-hydrogen) atoms. The topological polar surface area (TPSA) is 77.7 Å². The zero-order chi connectivity index (χ0) is 17.8. The Morgan fingerprint density at radius 3 is 2.80 bits per heavy atom. The Balaban J connectivity index is 1.48. The Bertz CT molecular complexity index is 729. The van der Waals surface area contributed by atoms with Crippen LogP contribution in [0.15, 0.2) is 28.8 Å². The highest BCUT2D eigenvalue weighted by atomic mass is 16.6. The van der Waals surface area contributed by atoms with Crippen molar-refractivity contribution in [1.29, 1.82) is 0 Å². The van der Waals surface area contributed by atoms with Gasteiger partial charge >= 0.3 is 0 Å². The first kappa shape index (κ1) is 17.3. The van der Waals surface area contributed by atoms with Gasteiger partial charge in [0, 0.05) is 25.8 Å². The molecular formula is C18H23N3O4.